The fourth-order valence-corrected chi connectivity index (χ4v) is 8.53. The van der Waals surface area contributed by atoms with Crippen LogP contribution in [0.15, 0.2) is 58.9 Å². The molecule has 1 saturated heterocycles. The summed E-state index contributed by atoms with van der Waals surface area (Å²) >= 11 is 3.02. The fraction of sp³-hybridized carbons (Fsp3) is 0.455. The van der Waals surface area contributed by atoms with Crippen molar-refractivity contribution in [3.05, 3.63) is 77.0 Å². The van der Waals surface area contributed by atoms with E-state index in [0.29, 0.717) is 66.6 Å². The highest BCUT2D eigenvalue weighted by atomic mass is 32.2. The summed E-state index contributed by atoms with van der Waals surface area (Å²) in [6, 6.07) is 15.1. The van der Waals surface area contributed by atoms with Crippen molar-refractivity contribution in [2.45, 2.75) is 48.9 Å². The van der Waals surface area contributed by atoms with Crippen LogP contribution in [0.1, 0.15) is 58.0 Å². The van der Waals surface area contributed by atoms with Crippen molar-refractivity contribution in [3.8, 4) is 0 Å². The topological polar surface area (TPSA) is 112 Å². The predicted molar refractivity (Wildman–Crippen MR) is 171 cm³/mol. The van der Waals surface area contributed by atoms with E-state index < -0.39 is 0 Å². The summed E-state index contributed by atoms with van der Waals surface area (Å²) in [5, 5.41) is 13.2. The van der Waals surface area contributed by atoms with Gasteiger partial charge in [0.2, 0.25) is 5.91 Å². The number of aliphatic hydroxyl groups excluding tert-OH is 1. The lowest BCUT2D eigenvalue weighted by atomic mass is 9.87. The molecule has 3 aliphatic rings. The molecule has 4 unspecified atom stereocenters. The van der Waals surface area contributed by atoms with Gasteiger partial charge in [0.25, 0.3) is 11.8 Å². The molecule has 2 heterocycles. The van der Waals surface area contributed by atoms with Crippen LogP contribution in [0.5, 0.6) is 0 Å². The van der Waals surface area contributed by atoms with Crippen LogP contribution in [0.4, 0.5) is 5.13 Å². The van der Waals surface area contributed by atoms with Crippen molar-refractivity contribution in [1.82, 2.24) is 14.8 Å². The van der Waals surface area contributed by atoms with Crippen LogP contribution in [-0.4, -0.2) is 76.5 Å². The number of ether oxygens (including phenoxy) is 1. The molecule has 9 nitrogen and oxygen atoms in total. The van der Waals surface area contributed by atoms with Crippen LogP contribution in [0.2, 0.25) is 0 Å². The number of amides is 3. The van der Waals surface area contributed by atoms with E-state index in [0.717, 1.165) is 15.3 Å². The first kappa shape index (κ1) is 30.8. The maximum absolute atomic E-state index is 13.0. The minimum Gasteiger partial charge on any atom is -0.396 e. The molecule has 3 aromatic rings. The Morgan fingerprint density at radius 1 is 1.00 bits per heavy atom. The SMILES string of the molecule is CC(=O)N1CCN(C(=O)c2cccc(CSc3cnc(NC(=O)c4ccc(COC5C6CCC(C6)C5CO)cc4)s3)c2)CC1. The van der Waals surface area contributed by atoms with Crippen LogP contribution in [0, 0.1) is 17.8 Å². The molecule has 11 heteroatoms. The number of hydrogen-bond donors (Lipinski definition) is 2. The van der Waals surface area contributed by atoms with Gasteiger partial charge in [0, 0.05) is 62.5 Å². The molecule has 2 bridgehead atoms. The van der Waals surface area contributed by atoms with E-state index in [4.69, 9.17) is 4.74 Å². The normalized spacial score (nSPS) is 22.8. The highest BCUT2D eigenvalue weighted by Crippen LogP contribution is 2.49. The number of nitrogens with one attached hydrogen (secondary N) is 1. The number of carbonyl (C=O) groups is 3. The van der Waals surface area contributed by atoms with Gasteiger partial charge in [-0.1, -0.05) is 35.6 Å². The quantitative estimate of drug-likeness (QED) is 0.305. The Bertz CT molecular complexity index is 1490. The maximum Gasteiger partial charge on any atom is 0.257 e. The first-order valence-electron chi connectivity index (χ1n) is 15.2. The number of nitrogens with zero attached hydrogens (tertiary/aromatic N) is 3. The third-order valence-corrected chi connectivity index (χ3v) is 11.3. The smallest absolute Gasteiger partial charge is 0.257 e. The summed E-state index contributed by atoms with van der Waals surface area (Å²) in [6.07, 6.45) is 5.45. The minimum atomic E-state index is -0.216. The molecule has 0 spiro atoms. The summed E-state index contributed by atoms with van der Waals surface area (Å²) in [5.74, 6) is 1.89. The molecule has 2 aliphatic carbocycles. The lowest BCUT2D eigenvalue weighted by Gasteiger charge is -2.34. The average Bonchev–Trinajstić information content (AvgIpc) is 3.80. The Hall–Kier alpha value is -3.25. The van der Waals surface area contributed by atoms with E-state index >= 15 is 0 Å². The zero-order valence-corrected chi connectivity index (χ0v) is 26.4. The Morgan fingerprint density at radius 3 is 2.50 bits per heavy atom. The van der Waals surface area contributed by atoms with Gasteiger partial charge in [-0.3, -0.25) is 19.7 Å². The van der Waals surface area contributed by atoms with Crippen molar-refractivity contribution in [2.75, 3.05) is 38.1 Å². The Morgan fingerprint density at radius 2 is 1.75 bits per heavy atom. The summed E-state index contributed by atoms with van der Waals surface area (Å²) in [7, 11) is 0. The average molecular weight is 635 g/mol. The Labute approximate surface area is 266 Å². The second kappa shape index (κ2) is 13.8. The van der Waals surface area contributed by atoms with Gasteiger partial charge in [0.15, 0.2) is 5.13 Å². The molecule has 3 amide bonds. The molecule has 2 aromatic carbocycles. The number of benzene rings is 2. The highest BCUT2D eigenvalue weighted by molar-refractivity contribution is 8.00. The fourth-order valence-electron chi connectivity index (χ4n) is 6.72. The van der Waals surface area contributed by atoms with Gasteiger partial charge in [0.05, 0.1) is 23.1 Å². The molecule has 1 aliphatic heterocycles. The van der Waals surface area contributed by atoms with Crippen molar-refractivity contribution >= 4 is 46.0 Å². The molecule has 2 saturated carbocycles. The van der Waals surface area contributed by atoms with Crippen LogP contribution in [0.25, 0.3) is 0 Å². The molecule has 2 N–H and O–H groups in total. The molecule has 232 valence electrons. The van der Waals surface area contributed by atoms with E-state index in [1.165, 1.54) is 30.6 Å². The van der Waals surface area contributed by atoms with E-state index in [1.807, 2.05) is 36.4 Å². The van der Waals surface area contributed by atoms with Crippen LogP contribution < -0.4 is 5.32 Å². The second-order valence-corrected chi connectivity index (χ2v) is 14.2. The number of rotatable bonds is 10. The van der Waals surface area contributed by atoms with Crippen molar-refractivity contribution in [2.24, 2.45) is 17.8 Å². The molecular formula is C33H38N4O5S2. The molecule has 0 radical (unpaired) electrons. The second-order valence-electron chi connectivity index (χ2n) is 11.9. The number of thiazole rings is 1. The predicted octanol–water partition coefficient (Wildman–Crippen LogP) is 4.92. The largest absolute Gasteiger partial charge is 0.396 e. The van der Waals surface area contributed by atoms with Gasteiger partial charge in [-0.25, -0.2) is 4.98 Å². The van der Waals surface area contributed by atoms with Gasteiger partial charge in [-0.05, 0) is 66.5 Å². The summed E-state index contributed by atoms with van der Waals surface area (Å²) in [6.45, 7) is 4.44. The van der Waals surface area contributed by atoms with Gasteiger partial charge < -0.3 is 19.6 Å². The molecular weight excluding hydrogens is 597 g/mol. The molecule has 1 aromatic heterocycles. The molecule has 3 fully saturated rings. The third-order valence-electron chi connectivity index (χ3n) is 9.15. The summed E-state index contributed by atoms with van der Waals surface area (Å²) < 4.78 is 7.20. The zero-order valence-electron chi connectivity index (χ0n) is 24.8. The van der Waals surface area contributed by atoms with Crippen LogP contribution >= 0.6 is 23.1 Å². The van der Waals surface area contributed by atoms with Gasteiger partial charge in [0.1, 0.15) is 0 Å². The Kier molecular flexibility index (Phi) is 9.65. The van der Waals surface area contributed by atoms with Gasteiger partial charge >= 0.3 is 0 Å². The maximum atomic E-state index is 13.0. The van der Waals surface area contributed by atoms with Crippen LogP contribution in [0.3, 0.4) is 0 Å². The number of carbonyl (C=O) groups excluding carboxylic acids is 3. The number of fused-ring (bicyclic) bond motifs is 2. The zero-order chi connectivity index (χ0) is 30.6. The van der Waals surface area contributed by atoms with Crippen molar-refractivity contribution in [1.29, 1.82) is 0 Å². The number of anilines is 1. The first-order valence-corrected chi connectivity index (χ1v) is 17.0. The van der Waals surface area contributed by atoms with Gasteiger partial charge in [-0.2, -0.15) is 0 Å². The van der Waals surface area contributed by atoms with E-state index in [2.05, 4.69) is 10.3 Å². The minimum absolute atomic E-state index is 0.0145. The number of hydrogen-bond acceptors (Lipinski definition) is 8. The first-order chi connectivity index (χ1) is 21.4. The van der Waals surface area contributed by atoms with Crippen molar-refractivity contribution < 1.29 is 24.2 Å². The standard InChI is InChI=1S/C33H38N4O5S2/c1-21(39)36-11-13-37(14-12-36)32(41)27-4-2-3-23(15-27)20-43-29-17-34-33(44-29)35-31(40)24-7-5-22(6-8-24)19-42-30-26-10-9-25(16-26)28(30)18-38/h2-8,15,17,25-26,28,30,38H,9-14,16,18-20H2,1H3,(H,34,35,40). The van der Waals surface area contributed by atoms with E-state index in [-0.39, 0.29) is 36.4 Å². The monoisotopic (exact) mass is 634 g/mol. The number of aromatic nitrogens is 1. The highest BCUT2D eigenvalue weighted by Gasteiger charge is 2.47. The lowest BCUT2D eigenvalue weighted by Crippen LogP contribution is -2.50. The number of thioether (sulfide) groups is 1. The van der Waals surface area contributed by atoms with Crippen molar-refractivity contribution in [3.63, 3.8) is 0 Å². The van der Waals surface area contributed by atoms with E-state index in [1.54, 1.807) is 46.8 Å². The summed E-state index contributed by atoms with van der Waals surface area (Å²) in [4.78, 5) is 45.4. The number of aliphatic hydroxyl groups is 1. The molecule has 4 atom stereocenters. The molecule has 6 rings (SSSR count). The molecule has 44 heavy (non-hydrogen) atoms. The third kappa shape index (κ3) is 7.01. The van der Waals surface area contributed by atoms with E-state index in [9.17, 15) is 19.5 Å². The lowest BCUT2D eigenvalue weighted by molar-refractivity contribution is -0.130. The Balaban J connectivity index is 0.969. The summed E-state index contributed by atoms with van der Waals surface area (Å²) in [5.41, 5.74) is 3.23. The van der Waals surface area contributed by atoms with Crippen LogP contribution in [-0.2, 0) is 21.9 Å². The number of piperazine rings is 1. The van der Waals surface area contributed by atoms with Gasteiger partial charge in [-0.15, -0.1) is 11.8 Å².